The van der Waals surface area contributed by atoms with Gasteiger partial charge in [-0.2, -0.15) is 0 Å². The Labute approximate surface area is 173 Å². The summed E-state index contributed by atoms with van der Waals surface area (Å²) in [4.78, 5) is 14.9. The van der Waals surface area contributed by atoms with E-state index >= 15 is 0 Å². The van der Waals surface area contributed by atoms with E-state index in [-0.39, 0.29) is 11.9 Å². The van der Waals surface area contributed by atoms with Crippen LogP contribution in [0.4, 0.5) is 5.69 Å². The summed E-state index contributed by atoms with van der Waals surface area (Å²) in [6, 6.07) is 8.35. The van der Waals surface area contributed by atoms with Crippen LogP contribution in [0.5, 0.6) is 0 Å². The lowest BCUT2D eigenvalue weighted by atomic mass is 9.94. The molecule has 0 unspecified atom stereocenters. The highest BCUT2D eigenvalue weighted by Gasteiger charge is 2.25. The summed E-state index contributed by atoms with van der Waals surface area (Å²) < 4.78 is 2.26. The summed E-state index contributed by atoms with van der Waals surface area (Å²) in [5, 5.41) is 12.3. The van der Waals surface area contributed by atoms with Crippen molar-refractivity contribution in [3.05, 3.63) is 30.1 Å². The molecule has 4 rings (SSSR count). The molecule has 1 amide bonds. The molecule has 2 aliphatic rings. The Balaban J connectivity index is 1.46. The summed E-state index contributed by atoms with van der Waals surface area (Å²) in [5.41, 5.74) is 2.00. The van der Waals surface area contributed by atoms with Gasteiger partial charge in [0.25, 0.3) is 0 Å². The molecule has 6 heteroatoms. The van der Waals surface area contributed by atoms with Crippen LogP contribution in [0.25, 0.3) is 11.4 Å². The first-order chi connectivity index (χ1) is 14.1. The monoisotopic (exact) mass is 395 g/mol. The molecule has 0 bridgehead atoms. The van der Waals surface area contributed by atoms with Gasteiger partial charge in [-0.05, 0) is 44.7 Å². The molecule has 1 aliphatic heterocycles. The van der Waals surface area contributed by atoms with Crippen LogP contribution < -0.4 is 5.32 Å². The number of anilines is 1. The molecule has 0 saturated heterocycles. The average Bonchev–Trinajstić information content (AvgIpc) is 3.01. The second kappa shape index (κ2) is 8.97. The highest BCUT2D eigenvalue weighted by Crippen LogP contribution is 2.26. The predicted molar refractivity (Wildman–Crippen MR) is 116 cm³/mol. The second-order valence-electron chi connectivity index (χ2n) is 8.59. The molecule has 1 saturated carbocycles. The summed E-state index contributed by atoms with van der Waals surface area (Å²) in [6.07, 6.45) is 10.6. The zero-order chi connectivity index (χ0) is 20.2. The number of aryl methyl sites for hydroxylation is 1. The minimum atomic E-state index is -0.257. The van der Waals surface area contributed by atoms with Gasteiger partial charge in [-0.1, -0.05) is 37.8 Å². The number of rotatable bonds is 5. The zero-order valence-corrected chi connectivity index (χ0v) is 17.7. The van der Waals surface area contributed by atoms with Crippen LogP contribution in [0.1, 0.15) is 64.1 Å². The minimum Gasteiger partial charge on any atom is -0.374 e. The molecule has 6 nitrogen and oxygen atoms in total. The van der Waals surface area contributed by atoms with Crippen molar-refractivity contribution < 1.29 is 4.79 Å². The Kier molecular flexibility index (Phi) is 6.16. The van der Waals surface area contributed by atoms with E-state index in [4.69, 9.17) is 0 Å². The number of hydrogen-bond acceptors (Lipinski definition) is 4. The van der Waals surface area contributed by atoms with Crippen LogP contribution in [0.15, 0.2) is 24.3 Å². The van der Waals surface area contributed by atoms with E-state index in [9.17, 15) is 4.79 Å². The predicted octanol–water partition coefficient (Wildman–Crippen LogP) is 4.26. The lowest BCUT2D eigenvalue weighted by molar-refractivity contribution is -0.133. The lowest BCUT2D eigenvalue weighted by Crippen LogP contribution is -2.45. The summed E-state index contributed by atoms with van der Waals surface area (Å²) >= 11 is 0. The number of likely N-dealkylation sites (N-methyl/N-ethyl adjacent to an activating group) is 1. The van der Waals surface area contributed by atoms with Gasteiger partial charge in [0, 0.05) is 37.3 Å². The van der Waals surface area contributed by atoms with Crippen LogP contribution in [-0.4, -0.2) is 44.7 Å². The number of carbonyl (C=O) groups is 1. The van der Waals surface area contributed by atoms with E-state index < -0.39 is 0 Å². The van der Waals surface area contributed by atoms with Crippen molar-refractivity contribution in [1.29, 1.82) is 0 Å². The lowest BCUT2D eigenvalue weighted by Gasteiger charge is -2.33. The summed E-state index contributed by atoms with van der Waals surface area (Å²) in [7, 11) is 1.96. The number of hydrogen-bond donors (Lipinski definition) is 1. The summed E-state index contributed by atoms with van der Waals surface area (Å²) in [6.45, 7) is 2.94. The molecule has 156 valence electrons. The van der Waals surface area contributed by atoms with Gasteiger partial charge in [0.05, 0.1) is 0 Å². The largest absolute Gasteiger partial charge is 0.374 e. The van der Waals surface area contributed by atoms with Crippen molar-refractivity contribution in [2.45, 2.75) is 83.3 Å². The molecule has 1 aromatic carbocycles. The van der Waals surface area contributed by atoms with Crippen molar-refractivity contribution >= 4 is 11.6 Å². The van der Waals surface area contributed by atoms with Gasteiger partial charge < -0.3 is 14.8 Å². The second-order valence-corrected chi connectivity index (χ2v) is 8.59. The molecule has 2 heterocycles. The third-order valence-electron chi connectivity index (χ3n) is 6.45. The van der Waals surface area contributed by atoms with E-state index in [2.05, 4.69) is 32.2 Å². The van der Waals surface area contributed by atoms with Gasteiger partial charge in [0.2, 0.25) is 5.91 Å². The Morgan fingerprint density at radius 3 is 2.76 bits per heavy atom. The third kappa shape index (κ3) is 4.46. The smallest absolute Gasteiger partial charge is 0.244 e. The van der Waals surface area contributed by atoms with Gasteiger partial charge in [0.1, 0.15) is 11.9 Å². The first kappa shape index (κ1) is 19.9. The molecular formula is C23H33N5O. The fourth-order valence-corrected chi connectivity index (χ4v) is 4.71. The molecule has 1 fully saturated rings. The van der Waals surface area contributed by atoms with Gasteiger partial charge in [0.15, 0.2) is 5.82 Å². The Morgan fingerprint density at radius 2 is 1.93 bits per heavy atom. The molecule has 29 heavy (non-hydrogen) atoms. The topological polar surface area (TPSA) is 63.1 Å². The number of amides is 1. The van der Waals surface area contributed by atoms with E-state index in [1.165, 1.54) is 38.5 Å². The van der Waals surface area contributed by atoms with Crippen LogP contribution >= 0.6 is 0 Å². The third-order valence-corrected chi connectivity index (χ3v) is 6.45. The SMILES string of the molecule is C[C@H](Nc1cccc(-c2nnc3n2CCCCC3)c1)C(=O)N(C)C1CCCCC1. The normalized spacial score (nSPS) is 18.6. The summed E-state index contributed by atoms with van der Waals surface area (Å²) in [5.74, 6) is 2.19. The van der Waals surface area contributed by atoms with Crippen LogP contribution in [0, 0.1) is 0 Å². The fraction of sp³-hybridized carbons (Fsp3) is 0.609. The zero-order valence-electron chi connectivity index (χ0n) is 17.7. The van der Waals surface area contributed by atoms with Crippen molar-refractivity contribution in [2.24, 2.45) is 0 Å². The van der Waals surface area contributed by atoms with Gasteiger partial charge in [-0.25, -0.2) is 0 Å². The maximum Gasteiger partial charge on any atom is 0.244 e. The van der Waals surface area contributed by atoms with Crippen molar-refractivity contribution in [2.75, 3.05) is 12.4 Å². The highest BCUT2D eigenvalue weighted by atomic mass is 16.2. The average molecular weight is 396 g/mol. The van der Waals surface area contributed by atoms with Gasteiger partial charge >= 0.3 is 0 Å². The highest BCUT2D eigenvalue weighted by molar-refractivity contribution is 5.84. The molecular weight excluding hydrogens is 362 g/mol. The van der Waals surface area contributed by atoms with Gasteiger partial charge in [-0.15, -0.1) is 10.2 Å². The molecule has 2 aromatic rings. The van der Waals surface area contributed by atoms with Gasteiger partial charge in [-0.3, -0.25) is 4.79 Å². The van der Waals surface area contributed by atoms with Crippen molar-refractivity contribution in [3.8, 4) is 11.4 Å². The minimum absolute atomic E-state index is 0.165. The Morgan fingerprint density at radius 1 is 1.14 bits per heavy atom. The van der Waals surface area contributed by atoms with Crippen LogP contribution in [0.3, 0.4) is 0 Å². The van der Waals surface area contributed by atoms with Crippen molar-refractivity contribution in [1.82, 2.24) is 19.7 Å². The quantitative estimate of drug-likeness (QED) is 0.821. The number of nitrogens with one attached hydrogen (secondary N) is 1. The Hall–Kier alpha value is -2.37. The number of nitrogens with zero attached hydrogens (tertiary/aromatic N) is 4. The molecule has 0 radical (unpaired) electrons. The number of carbonyl (C=O) groups excluding carboxylic acids is 1. The fourth-order valence-electron chi connectivity index (χ4n) is 4.71. The Bertz CT molecular complexity index is 840. The van der Waals surface area contributed by atoms with E-state index in [0.717, 1.165) is 48.7 Å². The number of aromatic nitrogens is 3. The van der Waals surface area contributed by atoms with E-state index in [1.54, 1.807) is 0 Å². The number of benzene rings is 1. The molecule has 1 atom stereocenters. The van der Waals surface area contributed by atoms with Crippen LogP contribution in [0.2, 0.25) is 0 Å². The number of fused-ring (bicyclic) bond motifs is 1. The first-order valence-electron chi connectivity index (χ1n) is 11.2. The van der Waals surface area contributed by atoms with E-state index in [0.29, 0.717) is 6.04 Å². The molecule has 0 spiro atoms. The molecule has 1 aromatic heterocycles. The standard InChI is InChI=1S/C23H33N5O/c1-17(23(29)27(2)20-12-5-3-6-13-20)24-19-11-9-10-18(16-19)22-26-25-21-14-7-4-8-15-28(21)22/h9-11,16-17,20,24H,3-8,12-15H2,1-2H3/t17-/m0/s1. The maximum atomic E-state index is 12.9. The van der Waals surface area contributed by atoms with Crippen molar-refractivity contribution in [3.63, 3.8) is 0 Å². The molecule has 1 N–H and O–H groups in total. The van der Waals surface area contributed by atoms with E-state index in [1.807, 2.05) is 31.0 Å². The molecule has 1 aliphatic carbocycles. The van der Waals surface area contributed by atoms with Crippen LogP contribution in [-0.2, 0) is 17.8 Å². The first-order valence-corrected chi connectivity index (χ1v) is 11.2. The maximum absolute atomic E-state index is 12.9.